The van der Waals surface area contributed by atoms with Crippen molar-refractivity contribution < 1.29 is 19.5 Å². The predicted molar refractivity (Wildman–Crippen MR) is 186 cm³/mol. The zero-order valence-corrected chi connectivity index (χ0v) is 28.9. The second kappa shape index (κ2) is 14.0. The van der Waals surface area contributed by atoms with Gasteiger partial charge in [-0.25, -0.2) is 0 Å². The number of hydrogen-bond acceptors (Lipinski definition) is 5. The van der Waals surface area contributed by atoms with E-state index in [9.17, 15) is 14.7 Å². The van der Waals surface area contributed by atoms with Gasteiger partial charge in [-0.05, 0) is 43.4 Å². The lowest BCUT2D eigenvalue weighted by atomic mass is 9.70. The first-order chi connectivity index (χ1) is 21.6. The molecule has 2 aromatic rings. The van der Waals surface area contributed by atoms with Crippen LogP contribution in [-0.4, -0.2) is 85.8 Å². The number of aliphatic hydroxyl groups excluding tert-OH is 1. The van der Waals surface area contributed by atoms with Crippen LogP contribution in [0.2, 0.25) is 5.02 Å². The lowest BCUT2D eigenvalue weighted by Crippen LogP contribution is -2.58. The minimum absolute atomic E-state index is 0.0699. The van der Waals surface area contributed by atoms with Crippen molar-refractivity contribution in [3.63, 3.8) is 0 Å². The highest BCUT2D eigenvalue weighted by molar-refractivity contribution is 9.09. The first kappa shape index (κ1) is 33.8. The maximum absolute atomic E-state index is 15.1. The fourth-order valence-corrected chi connectivity index (χ4v) is 11.5. The van der Waals surface area contributed by atoms with Gasteiger partial charge < -0.3 is 19.8 Å². The molecule has 7 nitrogen and oxygen atoms in total. The molecular weight excluding hydrogens is 674 g/mol. The van der Waals surface area contributed by atoms with Crippen LogP contribution in [0.1, 0.15) is 30.9 Å². The van der Waals surface area contributed by atoms with Gasteiger partial charge in [0, 0.05) is 29.7 Å². The SMILES string of the molecule is C=CCN(CCC)C(=O)[C@H]1[C@H]2C(=O)N([C@@H](CO)Cc3ccccc3)C(C(=O)N(CC=C)c3c(C)cccc3Cl)C23CC(Br)[C@@H]1S3. The van der Waals surface area contributed by atoms with E-state index >= 15 is 4.79 Å². The van der Waals surface area contributed by atoms with Crippen LogP contribution < -0.4 is 4.90 Å². The van der Waals surface area contributed by atoms with E-state index in [0.29, 0.717) is 36.6 Å². The van der Waals surface area contributed by atoms with Crippen LogP contribution in [0.4, 0.5) is 5.69 Å². The normalized spacial score (nSPS) is 27.3. The molecule has 2 bridgehead atoms. The smallest absolute Gasteiger partial charge is 0.251 e. The van der Waals surface area contributed by atoms with Crippen LogP contribution in [0.3, 0.4) is 0 Å². The van der Waals surface area contributed by atoms with E-state index in [2.05, 4.69) is 29.1 Å². The van der Waals surface area contributed by atoms with Crippen molar-refractivity contribution in [2.45, 2.75) is 60.0 Å². The summed E-state index contributed by atoms with van der Waals surface area (Å²) in [6, 6.07) is 13.5. The zero-order valence-electron chi connectivity index (χ0n) is 25.8. The third-order valence-electron chi connectivity index (χ3n) is 9.36. The molecule has 3 heterocycles. The van der Waals surface area contributed by atoms with E-state index in [0.717, 1.165) is 17.5 Å². The molecule has 1 N–H and O–H groups in total. The standard InChI is InChI=1S/C35H41BrClN3O4S/c1-5-16-38(17-6-2)32(42)27-28-33(43)40(24(21-41)19-23-13-9-8-10-14-23)31(35(28)20-25(36)30(27)45-35)34(44)39(18-7-3)29-22(4)12-11-15-26(29)37/h5,7-15,24-25,27-28,30-31,41H,1,3,6,16-21H2,2,4H3/t24-,25?,27+,28+,30+,31?,35?/m1/s1. The molecule has 0 radical (unpaired) electrons. The average molecular weight is 715 g/mol. The van der Waals surface area contributed by atoms with Crippen molar-refractivity contribution in [2.75, 3.05) is 31.1 Å². The Kier molecular flexibility index (Phi) is 10.5. The number of anilines is 1. The van der Waals surface area contributed by atoms with Gasteiger partial charge in [-0.3, -0.25) is 14.4 Å². The lowest BCUT2D eigenvalue weighted by Gasteiger charge is -2.40. The van der Waals surface area contributed by atoms with E-state index in [1.165, 1.54) is 0 Å². The number of nitrogens with zero attached hydrogens (tertiary/aromatic N) is 3. The quantitative estimate of drug-likeness (QED) is 0.214. The minimum Gasteiger partial charge on any atom is -0.394 e. The molecule has 3 fully saturated rings. The van der Waals surface area contributed by atoms with Crippen LogP contribution in [0.5, 0.6) is 0 Å². The second-order valence-corrected chi connectivity index (χ2v) is 15.3. The highest BCUT2D eigenvalue weighted by Crippen LogP contribution is 2.68. The van der Waals surface area contributed by atoms with E-state index in [4.69, 9.17) is 11.6 Å². The number of aryl methyl sites for hydroxylation is 1. The molecule has 1 spiro atoms. The Morgan fingerprint density at radius 3 is 2.49 bits per heavy atom. The summed E-state index contributed by atoms with van der Waals surface area (Å²) < 4.78 is -0.877. The van der Waals surface area contributed by atoms with E-state index in [1.807, 2.05) is 56.3 Å². The van der Waals surface area contributed by atoms with E-state index in [1.54, 1.807) is 44.7 Å². The number of thioether (sulfide) groups is 1. The van der Waals surface area contributed by atoms with Gasteiger partial charge in [-0.15, -0.1) is 24.9 Å². The fourth-order valence-electron chi connectivity index (χ4n) is 7.62. The molecule has 3 saturated heterocycles. The molecule has 10 heteroatoms. The fraction of sp³-hybridized carbons (Fsp3) is 0.457. The Morgan fingerprint density at radius 1 is 1.16 bits per heavy atom. The van der Waals surface area contributed by atoms with Gasteiger partial charge in [0.15, 0.2) is 0 Å². The Balaban J connectivity index is 1.66. The number of carbonyl (C=O) groups excluding carboxylic acids is 3. The van der Waals surface area contributed by atoms with Gasteiger partial charge in [-0.1, -0.05) is 89.1 Å². The number of hydrogen-bond donors (Lipinski definition) is 1. The summed E-state index contributed by atoms with van der Waals surface area (Å²) in [6.07, 6.45) is 5.05. The molecule has 7 atom stereocenters. The molecule has 5 rings (SSSR count). The number of benzene rings is 2. The summed E-state index contributed by atoms with van der Waals surface area (Å²) in [5.41, 5.74) is 2.33. The average Bonchev–Trinajstić information content (AvgIpc) is 3.62. The maximum Gasteiger partial charge on any atom is 0.251 e. The van der Waals surface area contributed by atoms with Crippen molar-refractivity contribution in [3.05, 3.63) is 90.0 Å². The number of rotatable bonds is 13. The number of alkyl halides is 1. The van der Waals surface area contributed by atoms with Gasteiger partial charge in [0.1, 0.15) is 6.04 Å². The third-order valence-corrected chi connectivity index (χ3v) is 12.9. The number of para-hydroxylation sites is 1. The van der Waals surface area contributed by atoms with Crippen LogP contribution in [0.15, 0.2) is 73.8 Å². The summed E-state index contributed by atoms with van der Waals surface area (Å²) in [7, 11) is 0. The zero-order chi connectivity index (χ0) is 32.5. The Labute approximate surface area is 283 Å². The maximum atomic E-state index is 15.1. The molecule has 3 aliphatic heterocycles. The number of halogens is 2. The monoisotopic (exact) mass is 713 g/mol. The molecule has 2 aromatic carbocycles. The summed E-state index contributed by atoms with van der Waals surface area (Å²) >= 11 is 12.2. The molecule has 3 amide bonds. The summed E-state index contributed by atoms with van der Waals surface area (Å²) in [5, 5.41) is 11.1. The van der Waals surface area contributed by atoms with Crippen molar-refractivity contribution in [3.8, 4) is 0 Å². The van der Waals surface area contributed by atoms with Crippen LogP contribution in [0, 0.1) is 18.8 Å². The Bertz CT molecular complexity index is 1440. The largest absolute Gasteiger partial charge is 0.394 e. The van der Waals surface area contributed by atoms with Crippen molar-refractivity contribution in [2.24, 2.45) is 11.8 Å². The molecule has 45 heavy (non-hydrogen) atoms. The predicted octanol–water partition coefficient (Wildman–Crippen LogP) is 5.66. The highest BCUT2D eigenvalue weighted by atomic mass is 79.9. The number of likely N-dealkylation sites (tertiary alicyclic amines) is 1. The first-order valence-electron chi connectivity index (χ1n) is 15.5. The Hall–Kier alpha value is -2.59. The minimum atomic E-state index is -0.932. The van der Waals surface area contributed by atoms with Crippen LogP contribution >= 0.6 is 39.3 Å². The first-order valence-corrected chi connectivity index (χ1v) is 17.7. The summed E-state index contributed by atoms with van der Waals surface area (Å²) in [5.74, 6) is -1.94. The van der Waals surface area contributed by atoms with Gasteiger partial charge in [0.05, 0.1) is 39.9 Å². The molecule has 240 valence electrons. The lowest BCUT2D eigenvalue weighted by molar-refractivity contribution is -0.145. The van der Waals surface area contributed by atoms with E-state index < -0.39 is 28.7 Å². The molecule has 3 aliphatic rings. The summed E-state index contributed by atoms with van der Waals surface area (Å²) in [6.45, 7) is 12.5. The van der Waals surface area contributed by atoms with Gasteiger partial charge in [0.2, 0.25) is 11.8 Å². The van der Waals surface area contributed by atoms with E-state index in [-0.39, 0.29) is 41.0 Å². The van der Waals surface area contributed by atoms with Crippen molar-refractivity contribution >= 4 is 62.7 Å². The molecule has 0 aromatic heterocycles. The van der Waals surface area contributed by atoms with Crippen molar-refractivity contribution in [1.29, 1.82) is 0 Å². The van der Waals surface area contributed by atoms with Gasteiger partial charge >= 0.3 is 0 Å². The number of carbonyl (C=O) groups is 3. The summed E-state index contributed by atoms with van der Waals surface area (Å²) in [4.78, 5) is 49.2. The molecule has 0 aliphatic carbocycles. The van der Waals surface area contributed by atoms with Gasteiger partial charge in [-0.2, -0.15) is 0 Å². The molecule has 3 unspecified atom stereocenters. The van der Waals surface area contributed by atoms with Crippen molar-refractivity contribution in [1.82, 2.24) is 9.80 Å². The Morgan fingerprint density at radius 2 is 1.87 bits per heavy atom. The topological polar surface area (TPSA) is 81.2 Å². The number of fused-ring (bicyclic) bond motifs is 1. The number of amides is 3. The van der Waals surface area contributed by atoms with Crippen LogP contribution in [-0.2, 0) is 20.8 Å². The highest BCUT2D eigenvalue weighted by Gasteiger charge is 2.76. The third kappa shape index (κ3) is 5.90. The second-order valence-electron chi connectivity index (χ2n) is 12.2. The molecule has 0 saturated carbocycles. The molecular formula is C35H41BrClN3O4S. The number of aliphatic hydroxyl groups is 1. The van der Waals surface area contributed by atoms with Crippen LogP contribution in [0.25, 0.3) is 0 Å². The van der Waals surface area contributed by atoms with Gasteiger partial charge in [0.25, 0.3) is 5.91 Å².